The third kappa shape index (κ3) is 2.86. The summed E-state index contributed by atoms with van der Waals surface area (Å²) in [4.78, 5) is 24.7. The molecule has 24 heavy (non-hydrogen) atoms. The van der Waals surface area contributed by atoms with Crippen LogP contribution in [0, 0.1) is 18.7 Å². The number of nitrogens with zero attached hydrogens (tertiary/aromatic N) is 3. The summed E-state index contributed by atoms with van der Waals surface area (Å²) in [7, 11) is 0. The van der Waals surface area contributed by atoms with Crippen molar-refractivity contribution in [1.82, 2.24) is 20.3 Å². The van der Waals surface area contributed by atoms with Crippen molar-refractivity contribution in [2.45, 2.75) is 33.4 Å². The standard InChI is InChI=1S/C16H18FN5O2/c1-8(2)12-7-22-14(16(24)19-12)13(20-21-22)15(23)18-10-5-4-9(3)11(17)6-10/h4-6,8,12H,7H2,1-3H3,(H,18,23)(H,19,24). The molecule has 0 aliphatic carbocycles. The normalized spacial score (nSPS) is 16.7. The molecule has 7 nitrogen and oxygen atoms in total. The van der Waals surface area contributed by atoms with Crippen molar-refractivity contribution in [2.24, 2.45) is 5.92 Å². The number of carbonyl (C=O) groups excluding carboxylic acids is 2. The van der Waals surface area contributed by atoms with Gasteiger partial charge in [0.25, 0.3) is 11.8 Å². The highest BCUT2D eigenvalue weighted by molar-refractivity contribution is 6.10. The second kappa shape index (κ2) is 6.03. The Morgan fingerprint density at radius 2 is 2.21 bits per heavy atom. The van der Waals surface area contributed by atoms with E-state index in [9.17, 15) is 14.0 Å². The molecule has 0 bridgehead atoms. The zero-order valence-corrected chi connectivity index (χ0v) is 13.6. The van der Waals surface area contributed by atoms with E-state index < -0.39 is 11.7 Å². The summed E-state index contributed by atoms with van der Waals surface area (Å²) in [5, 5.41) is 13.1. The zero-order valence-electron chi connectivity index (χ0n) is 13.6. The molecule has 1 atom stereocenters. The number of aryl methyl sites for hydroxylation is 1. The second-order valence-electron chi connectivity index (χ2n) is 6.21. The summed E-state index contributed by atoms with van der Waals surface area (Å²) < 4.78 is 15.0. The quantitative estimate of drug-likeness (QED) is 0.897. The molecule has 1 unspecified atom stereocenters. The van der Waals surface area contributed by atoms with E-state index in [1.165, 1.54) is 10.7 Å². The molecule has 2 amide bonds. The lowest BCUT2D eigenvalue weighted by molar-refractivity contribution is 0.0869. The summed E-state index contributed by atoms with van der Waals surface area (Å²) in [6.07, 6.45) is 0. The van der Waals surface area contributed by atoms with Gasteiger partial charge in [0.2, 0.25) is 0 Å². The van der Waals surface area contributed by atoms with Crippen LogP contribution in [-0.2, 0) is 6.54 Å². The number of carbonyl (C=O) groups is 2. The molecule has 0 saturated heterocycles. The van der Waals surface area contributed by atoms with Crippen LogP contribution >= 0.6 is 0 Å². The van der Waals surface area contributed by atoms with Gasteiger partial charge in [0.05, 0.1) is 12.6 Å². The van der Waals surface area contributed by atoms with E-state index in [4.69, 9.17) is 0 Å². The molecule has 8 heteroatoms. The van der Waals surface area contributed by atoms with E-state index in [0.29, 0.717) is 17.8 Å². The fourth-order valence-electron chi connectivity index (χ4n) is 2.53. The minimum Gasteiger partial charge on any atom is -0.346 e. The number of fused-ring (bicyclic) bond motifs is 1. The molecule has 0 saturated carbocycles. The Kier molecular flexibility index (Phi) is 4.04. The van der Waals surface area contributed by atoms with Crippen LogP contribution < -0.4 is 10.6 Å². The fraction of sp³-hybridized carbons (Fsp3) is 0.375. The first-order valence-electron chi connectivity index (χ1n) is 7.68. The van der Waals surface area contributed by atoms with Crippen LogP contribution in [0.5, 0.6) is 0 Å². The fourth-order valence-corrected chi connectivity index (χ4v) is 2.53. The lowest BCUT2D eigenvalue weighted by atomic mass is 10.0. The van der Waals surface area contributed by atoms with Gasteiger partial charge >= 0.3 is 0 Å². The Morgan fingerprint density at radius 1 is 1.46 bits per heavy atom. The molecular weight excluding hydrogens is 313 g/mol. The molecule has 0 fully saturated rings. The number of rotatable bonds is 3. The summed E-state index contributed by atoms with van der Waals surface area (Å²) in [5.41, 5.74) is 0.821. The number of benzene rings is 1. The molecule has 2 N–H and O–H groups in total. The molecule has 1 aliphatic heterocycles. The maximum absolute atomic E-state index is 13.6. The van der Waals surface area contributed by atoms with E-state index in [2.05, 4.69) is 20.9 Å². The van der Waals surface area contributed by atoms with E-state index in [1.807, 2.05) is 13.8 Å². The van der Waals surface area contributed by atoms with Gasteiger partial charge in [-0.15, -0.1) is 5.10 Å². The van der Waals surface area contributed by atoms with Gasteiger partial charge in [-0.3, -0.25) is 9.59 Å². The molecule has 0 radical (unpaired) electrons. The van der Waals surface area contributed by atoms with Crippen molar-refractivity contribution < 1.29 is 14.0 Å². The van der Waals surface area contributed by atoms with Gasteiger partial charge in [0.15, 0.2) is 11.4 Å². The number of aromatic nitrogens is 3. The van der Waals surface area contributed by atoms with Crippen molar-refractivity contribution in [2.75, 3.05) is 5.32 Å². The average molecular weight is 331 g/mol. The lowest BCUT2D eigenvalue weighted by Crippen LogP contribution is -2.47. The number of halogens is 1. The number of nitrogens with one attached hydrogen (secondary N) is 2. The van der Waals surface area contributed by atoms with Crippen LogP contribution in [0.4, 0.5) is 10.1 Å². The molecular formula is C16H18FN5O2. The Morgan fingerprint density at radius 3 is 2.88 bits per heavy atom. The van der Waals surface area contributed by atoms with E-state index >= 15 is 0 Å². The Balaban J connectivity index is 1.85. The molecule has 3 rings (SSSR count). The van der Waals surface area contributed by atoms with Crippen LogP contribution in [0.2, 0.25) is 0 Å². The van der Waals surface area contributed by atoms with Gasteiger partial charge in [-0.2, -0.15) is 0 Å². The van der Waals surface area contributed by atoms with E-state index in [0.717, 1.165) is 0 Å². The molecule has 1 aromatic carbocycles. The maximum Gasteiger partial charge on any atom is 0.278 e. The van der Waals surface area contributed by atoms with Crippen LogP contribution in [0.1, 0.15) is 40.4 Å². The van der Waals surface area contributed by atoms with Gasteiger partial charge < -0.3 is 10.6 Å². The minimum absolute atomic E-state index is 0.0613. The minimum atomic E-state index is -0.599. The SMILES string of the molecule is Cc1ccc(NC(=O)c2nnn3c2C(=O)NC(C(C)C)C3)cc1F. The van der Waals surface area contributed by atoms with Crippen molar-refractivity contribution in [3.8, 4) is 0 Å². The number of amides is 2. The van der Waals surface area contributed by atoms with Gasteiger partial charge in [0, 0.05) is 5.69 Å². The Labute approximate surface area is 138 Å². The molecule has 1 aromatic heterocycles. The first-order valence-corrected chi connectivity index (χ1v) is 7.68. The number of anilines is 1. The largest absolute Gasteiger partial charge is 0.346 e. The molecule has 126 valence electrons. The molecule has 0 spiro atoms. The third-order valence-corrected chi connectivity index (χ3v) is 4.09. The van der Waals surface area contributed by atoms with Gasteiger partial charge in [0.1, 0.15) is 5.82 Å². The van der Waals surface area contributed by atoms with Gasteiger partial charge in [-0.1, -0.05) is 25.1 Å². The Hall–Kier alpha value is -2.77. The third-order valence-electron chi connectivity index (χ3n) is 4.09. The maximum atomic E-state index is 13.6. The van der Waals surface area contributed by atoms with Crippen LogP contribution in [-0.4, -0.2) is 32.9 Å². The smallest absolute Gasteiger partial charge is 0.278 e. The summed E-state index contributed by atoms with van der Waals surface area (Å²) >= 11 is 0. The highest BCUT2D eigenvalue weighted by Gasteiger charge is 2.33. The molecule has 2 heterocycles. The predicted octanol–water partition coefficient (Wildman–Crippen LogP) is 1.75. The first kappa shape index (κ1) is 16.1. The van der Waals surface area contributed by atoms with E-state index in [1.54, 1.807) is 19.1 Å². The topological polar surface area (TPSA) is 88.9 Å². The molecule has 2 aromatic rings. The predicted molar refractivity (Wildman–Crippen MR) is 85.2 cm³/mol. The van der Waals surface area contributed by atoms with Crippen molar-refractivity contribution in [1.29, 1.82) is 0 Å². The second-order valence-corrected chi connectivity index (χ2v) is 6.21. The van der Waals surface area contributed by atoms with Gasteiger partial charge in [-0.05, 0) is 30.5 Å². The zero-order chi connectivity index (χ0) is 17.4. The average Bonchev–Trinajstić information content (AvgIpc) is 2.95. The summed E-state index contributed by atoms with van der Waals surface area (Å²) in [5.74, 6) is -1.17. The monoisotopic (exact) mass is 331 g/mol. The molecule has 1 aliphatic rings. The highest BCUT2D eigenvalue weighted by Crippen LogP contribution is 2.18. The highest BCUT2D eigenvalue weighted by atomic mass is 19.1. The Bertz CT molecular complexity index is 815. The van der Waals surface area contributed by atoms with Crippen molar-refractivity contribution in [3.63, 3.8) is 0 Å². The lowest BCUT2D eigenvalue weighted by Gasteiger charge is -2.27. The van der Waals surface area contributed by atoms with Gasteiger partial charge in [-0.25, -0.2) is 9.07 Å². The summed E-state index contributed by atoms with van der Waals surface area (Å²) in [6.45, 7) is 6.07. The van der Waals surface area contributed by atoms with Crippen LogP contribution in [0.3, 0.4) is 0 Å². The van der Waals surface area contributed by atoms with E-state index in [-0.39, 0.29) is 29.3 Å². The van der Waals surface area contributed by atoms with Crippen LogP contribution in [0.15, 0.2) is 18.2 Å². The first-order chi connectivity index (χ1) is 11.4. The number of hydrogen-bond donors (Lipinski definition) is 2. The van der Waals surface area contributed by atoms with Crippen molar-refractivity contribution in [3.05, 3.63) is 41.0 Å². The van der Waals surface area contributed by atoms with Crippen molar-refractivity contribution >= 4 is 17.5 Å². The number of hydrogen-bond acceptors (Lipinski definition) is 4. The summed E-state index contributed by atoms with van der Waals surface area (Å²) in [6, 6.07) is 4.30. The van der Waals surface area contributed by atoms with Crippen LogP contribution in [0.25, 0.3) is 0 Å².